The molecule has 1 aliphatic carbocycles. The van der Waals surface area contributed by atoms with Crippen LogP contribution in [-0.2, 0) is 0 Å². The summed E-state index contributed by atoms with van der Waals surface area (Å²) in [6.07, 6.45) is 6.93. The van der Waals surface area contributed by atoms with E-state index >= 15 is 0 Å². The van der Waals surface area contributed by atoms with E-state index in [1.165, 1.54) is 25.3 Å². The number of nitrogens with two attached hydrogens (primary N) is 1. The lowest BCUT2D eigenvalue weighted by Gasteiger charge is -2.31. The highest BCUT2D eigenvalue weighted by Crippen LogP contribution is 2.32. The summed E-state index contributed by atoms with van der Waals surface area (Å²) in [5, 5.41) is 3.14. The minimum absolute atomic E-state index is 0.123. The van der Waals surface area contributed by atoms with Crippen LogP contribution in [0.3, 0.4) is 0 Å². The lowest BCUT2D eigenvalue weighted by molar-refractivity contribution is 0.312. The van der Waals surface area contributed by atoms with Crippen LogP contribution >= 0.6 is 0 Å². The quantitative estimate of drug-likeness (QED) is 0.798. The first kappa shape index (κ1) is 14.1. The van der Waals surface area contributed by atoms with Crippen molar-refractivity contribution in [2.75, 3.05) is 11.1 Å². The molecule has 4 heteroatoms. The Morgan fingerprint density at radius 2 is 1.95 bits per heavy atom. The zero-order chi connectivity index (χ0) is 13.8. The van der Waals surface area contributed by atoms with Crippen molar-refractivity contribution < 1.29 is 8.78 Å². The van der Waals surface area contributed by atoms with Crippen molar-refractivity contribution in [1.82, 2.24) is 0 Å². The summed E-state index contributed by atoms with van der Waals surface area (Å²) >= 11 is 0. The molecule has 19 heavy (non-hydrogen) atoms. The fourth-order valence-electron chi connectivity index (χ4n) is 2.99. The van der Waals surface area contributed by atoms with Gasteiger partial charge in [0, 0.05) is 6.04 Å². The van der Waals surface area contributed by atoms with Gasteiger partial charge in [0.2, 0.25) is 0 Å². The van der Waals surface area contributed by atoms with Crippen LogP contribution < -0.4 is 11.1 Å². The molecule has 0 radical (unpaired) electrons. The van der Waals surface area contributed by atoms with E-state index < -0.39 is 11.6 Å². The van der Waals surface area contributed by atoms with Crippen molar-refractivity contribution in [2.24, 2.45) is 5.92 Å². The van der Waals surface area contributed by atoms with Crippen molar-refractivity contribution in [2.45, 2.75) is 51.5 Å². The van der Waals surface area contributed by atoms with E-state index in [4.69, 9.17) is 5.73 Å². The molecule has 1 atom stereocenters. The SMILES string of the molecule is CCC(Nc1c(N)ccc(F)c1F)C1CCCCC1. The Morgan fingerprint density at radius 3 is 2.58 bits per heavy atom. The van der Waals surface area contributed by atoms with Gasteiger partial charge in [0.05, 0.1) is 11.4 Å². The molecule has 2 rings (SSSR count). The molecule has 0 heterocycles. The van der Waals surface area contributed by atoms with Crippen LogP contribution in [0.15, 0.2) is 12.1 Å². The van der Waals surface area contributed by atoms with Crippen LogP contribution in [-0.4, -0.2) is 6.04 Å². The molecule has 1 unspecified atom stereocenters. The highest BCUT2D eigenvalue weighted by Gasteiger charge is 2.24. The molecule has 0 saturated heterocycles. The second-order valence-electron chi connectivity index (χ2n) is 5.38. The van der Waals surface area contributed by atoms with E-state index in [2.05, 4.69) is 12.2 Å². The van der Waals surface area contributed by atoms with Gasteiger partial charge in [-0.1, -0.05) is 26.2 Å². The van der Waals surface area contributed by atoms with Gasteiger partial charge < -0.3 is 11.1 Å². The van der Waals surface area contributed by atoms with Crippen molar-refractivity contribution >= 4 is 11.4 Å². The minimum atomic E-state index is -0.866. The number of benzene rings is 1. The molecule has 106 valence electrons. The highest BCUT2D eigenvalue weighted by molar-refractivity contribution is 5.67. The third-order valence-corrected chi connectivity index (χ3v) is 4.12. The molecule has 1 aliphatic rings. The van der Waals surface area contributed by atoms with Crippen LogP contribution in [0.1, 0.15) is 45.4 Å². The molecule has 0 amide bonds. The predicted octanol–water partition coefficient (Wildman–Crippen LogP) is 4.32. The molecule has 1 aromatic rings. The molecular weight excluding hydrogens is 246 g/mol. The summed E-state index contributed by atoms with van der Waals surface area (Å²) in [4.78, 5) is 0. The summed E-state index contributed by atoms with van der Waals surface area (Å²) in [6.45, 7) is 2.07. The number of hydrogen-bond acceptors (Lipinski definition) is 2. The van der Waals surface area contributed by atoms with Crippen LogP contribution in [0.2, 0.25) is 0 Å². The van der Waals surface area contributed by atoms with Gasteiger partial charge in [-0.3, -0.25) is 0 Å². The largest absolute Gasteiger partial charge is 0.397 e. The maximum absolute atomic E-state index is 13.8. The number of nitrogen functional groups attached to an aromatic ring is 1. The van der Waals surface area contributed by atoms with Gasteiger partial charge >= 0.3 is 0 Å². The number of halogens is 2. The maximum atomic E-state index is 13.8. The standard InChI is InChI=1S/C15H22F2N2/c1-2-13(10-6-4-3-5-7-10)19-15-12(18)9-8-11(16)14(15)17/h8-10,13,19H,2-7,18H2,1H3. The Labute approximate surface area is 113 Å². The van der Waals surface area contributed by atoms with E-state index in [9.17, 15) is 8.78 Å². The van der Waals surface area contributed by atoms with Gasteiger partial charge in [-0.15, -0.1) is 0 Å². The molecule has 0 aliphatic heterocycles. The van der Waals surface area contributed by atoms with Crippen molar-refractivity contribution in [3.05, 3.63) is 23.8 Å². The Hall–Kier alpha value is -1.32. The van der Waals surface area contributed by atoms with E-state index in [1.807, 2.05) is 0 Å². The van der Waals surface area contributed by atoms with Gasteiger partial charge in [0.1, 0.15) is 0 Å². The topological polar surface area (TPSA) is 38.0 Å². The van der Waals surface area contributed by atoms with Crippen molar-refractivity contribution in [3.63, 3.8) is 0 Å². The molecule has 0 aromatic heterocycles. The Morgan fingerprint density at radius 1 is 1.26 bits per heavy atom. The Balaban J connectivity index is 2.15. The fourth-order valence-corrected chi connectivity index (χ4v) is 2.99. The Kier molecular flexibility index (Phi) is 4.61. The first-order chi connectivity index (χ1) is 9.13. The van der Waals surface area contributed by atoms with E-state index in [0.29, 0.717) is 5.92 Å². The first-order valence-corrected chi connectivity index (χ1v) is 7.13. The molecule has 1 fully saturated rings. The second kappa shape index (κ2) is 6.22. The lowest BCUT2D eigenvalue weighted by atomic mass is 9.83. The molecule has 0 spiro atoms. The number of hydrogen-bond donors (Lipinski definition) is 2. The van der Waals surface area contributed by atoms with E-state index in [-0.39, 0.29) is 17.4 Å². The zero-order valence-corrected chi connectivity index (χ0v) is 11.4. The van der Waals surface area contributed by atoms with Gasteiger partial charge in [-0.2, -0.15) is 0 Å². The molecule has 3 N–H and O–H groups in total. The normalized spacial score (nSPS) is 18.3. The number of nitrogens with one attached hydrogen (secondary N) is 1. The first-order valence-electron chi connectivity index (χ1n) is 7.13. The van der Waals surface area contributed by atoms with Gasteiger partial charge in [0.15, 0.2) is 11.6 Å². The smallest absolute Gasteiger partial charge is 0.183 e. The monoisotopic (exact) mass is 268 g/mol. The van der Waals surface area contributed by atoms with Crippen LogP contribution in [0.4, 0.5) is 20.2 Å². The summed E-state index contributed by atoms with van der Waals surface area (Å²) in [7, 11) is 0. The summed E-state index contributed by atoms with van der Waals surface area (Å²) in [5.74, 6) is -1.19. The van der Waals surface area contributed by atoms with Crippen molar-refractivity contribution in [3.8, 4) is 0 Å². The van der Waals surface area contributed by atoms with Gasteiger partial charge in [0.25, 0.3) is 0 Å². The third kappa shape index (κ3) is 3.17. The van der Waals surface area contributed by atoms with Crippen LogP contribution in [0.25, 0.3) is 0 Å². The van der Waals surface area contributed by atoms with Crippen LogP contribution in [0.5, 0.6) is 0 Å². The predicted molar refractivity (Wildman–Crippen MR) is 75.0 cm³/mol. The second-order valence-corrected chi connectivity index (χ2v) is 5.38. The number of anilines is 2. The average molecular weight is 268 g/mol. The Bertz CT molecular complexity index is 428. The molecule has 1 aromatic carbocycles. The molecular formula is C15H22F2N2. The minimum Gasteiger partial charge on any atom is -0.397 e. The summed E-state index contributed by atoms with van der Waals surface area (Å²) < 4.78 is 27.1. The maximum Gasteiger partial charge on any atom is 0.183 e. The van der Waals surface area contributed by atoms with Crippen LogP contribution in [0, 0.1) is 17.6 Å². The summed E-state index contributed by atoms with van der Waals surface area (Å²) in [6, 6.07) is 2.64. The number of rotatable bonds is 4. The molecule has 2 nitrogen and oxygen atoms in total. The molecule has 0 bridgehead atoms. The van der Waals surface area contributed by atoms with Gasteiger partial charge in [-0.25, -0.2) is 8.78 Å². The van der Waals surface area contributed by atoms with E-state index in [0.717, 1.165) is 25.3 Å². The zero-order valence-electron chi connectivity index (χ0n) is 11.4. The lowest BCUT2D eigenvalue weighted by Crippen LogP contribution is -2.31. The van der Waals surface area contributed by atoms with Crippen molar-refractivity contribution in [1.29, 1.82) is 0 Å². The average Bonchev–Trinajstić information content (AvgIpc) is 2.44. The summed E-state index contributed by atoms with van der Waals surface area (Å²) in [5.41, 5.74) is 6.15. The third-order valence-electron chi connectivity index (χ3n) is 4.12. The highest BCUT2D eigenvalue weighted by atomic mass is 19.2. The fraction of sp³-hybridized carbons (Fsp3) is 0.600. The molecule has 1 saturated carbocycles. The van der Waals surface area contributed by atoms with Gasteiger partial charge in [-0.05, 0) is 37.3 Å². The van der Waals surface area contributed by atoms with E-state index in [1.54, 1.807) is 0 Å².